The van der Waals surface area contributed by atoms with Crippen molar-refractivity contribution in [3.8, 4) is 44.5 Å². The first-order chi connectivity index (χ1) is 29.2. The predicted octanol–water partition coefficient (Wildman–Crippen LogP) is 15.3. The van der Waals surface area contributed by atoms with Crippen molar-refractivity contribution in [1.82, 2.24) is 0 Å². The average Bonchev–Trinajstić information content (AvgIpc) is 3.98. The Labute approximate surface area is 344 Å². The zero-order valence-electron chi connectivity index (χ0n) is 32.5. The molecule has 9 aromatic carbocycles. The van der Waals surface area contributed by atoms with E-state index in [2.05, 4.69) is 205 Å². The first-order valence-electron chi connectivity index (χ1n) is 20.6. The van der Waals surface area contributed by atoms with Crippen LogP contribution in [0.15, 0.2) is 217 Å². The Balaban J connectivity index is 0.965. The Bertz CT molecular complexity index is 3210. The summed E-state index contributed by atoms with van der Waals surface area (Å²) in [6.07, 6.45) is 2.20. The zero-order chi connectivity index (χ0) is 38.9. The molecule has 12 rings (SSSR count). The van der Waals surface area contributed by atoms with Gasteiger partial charge in [-0.15, -0.1) is 0 Å². The van der Waals surface area contributed by atoms with Crippen LogP contribution in [-0.2, 0) is 11.8 Å². The summed E-state index contributed by atoms with van der Waals surface area (Å²) in [4.78, 5) is 2.40. The number of benzene rings is 9. The Kier molecular flexibility index (Phi) is 7.61. The summed E-state index contributed by atoms with van der Waals surface area (Å²) in [5.74, 6) is 0. The van der Waals surface area contributed by atoms with E-state index in [1.165, 1.54) is 61.2 Å². The van der Waals surface area contributed by atoms with E-state index in [1.54, 1.807) is 0 Å². The maximum Gasteiger partial charge on any atom is 0.136 e. The molecule has 0 aliphatic heterocycles. The van der Waals surface area contributed by atoms with Crippen molar-refractivity contribution in [2.24, 2.45) is 0 Å². The van der Waals surface area contributed by atoms with Crippen molar-refractivity contribution in [1.29, 1.82) is 0 Å². The Morgan fingerprint density at radius 2 is 0.983 bits per heavy atom. The maximum atomic E-state index is 6.26. The zero-order valence-corrected chi connectivity index (χ0v) is 32.5. The van der Waals surface area contributed by atoms with E-state index in [0.717, 1.165) is 57.4 Å². The van der Waals surface area contributed by atoms with Gasteiger partial charge in [-0.05, 0) is 123 Å². The summed E-state index contributed by atoms with van der Waals surface area (Å²) in [5.41, 5.74) is 20.7. The third-order valence-corrected chi connectivity index (χ3v) is 12.9. The molecule has 0 saturated carbocycles. The van der Waals surface area contributed by atoms with Crippen LogP contribution < -0.4 is 4.90 Å². The largest absolute Gasteiger partial charge is 0.456 e. The molecule has 1 atom stereocenters. The van der Waals surface area contributed by atoms with E-state index >= 15 is 0 Å². The summed E-state index contributed by atoms with van der Waals surface area (Å²) in [6, 6.07) is 77.6. The standard InChI is InChI=1S/C57H39NO/c1-2-13-39(14-3-1)45-16-6-10-22-53(45)58(44-32-27-40(28-33-44)46-19-12-24-55-56(46)49-18-7-11-23-54(49)59-55)43-30-25-38(26-31-43)42-29-34-48-47-17-5-9-21-51(47)57(52(48)37-42)36-35-41-15-4-8-20-50(41)57/h1-34,37H,35-36H2. The molecule has 0 saturated heterocycles. The van der Waals surface area contributed by atoms with Gasteiger partial charge >= 0.3 is 0 Å². The first kappa shape index (κ1) is 33.7. The highest BCUT2D eigenvalue weighted by molar-refractivity contribution is 6.12. The lowest BCUT2D eigenvalue weighted by molar-refractivity contribution is 0.626. The molecular weight excluding hydrogens is 715 g/mol. The van der Waals surface area contributed by atoms with Crippen molar-refractivity contribution in [3.63, 3.8) is 0 Å². The van der Waals surface area contributed by atoms with Gasteiger partial charge in [0.25, 0.3) is 0 Å². The molecule has 1 unspecified atom stereocenters. The summed E-state index contributed by atoms with van der Waals surface area (Å²) in [7, 11) is 0. The monoisotopic (exact) mass is 753 g/mol. The van der Waals surface area contributed by atoms with Crippen LogP contribution in [0.1, 0.15) is 28.7 Å². The topological polar surface area (TPSA) is 16.4 Å². The normalized spacial score (nSPS) is 15.1. The summed E-state index contributed by atoms with van der Waals surface area (Å²) < 4.78 is 6.26. The van der Waals surface area contributed by atoms with E-state index in [4.69, 9.17) is 4.42 Å². The number of hydrogen-bond donors (Lipinski definition) is 0. The first-order valence-corrected chi connectivity index (χ1v) is 20.6. The van der Waals surface area contributed by atoms with E-state index in [9.17, 15) is 0 Å². The highest BCUT2D eigenvalue weighted by Gasteiger charge is 2.48. The van der Waals surface area contributed by atoms with Gasteiger partial charge in [-0.2, -0.15) is 0 Å². The van der Waals surface area contributed by atoms with Crippen LogP contribution in [0.5, 0.6) is 0 Å². The van der Waals surface area contributed by atoms with Crippen molar-refractivity contribution in [3.05, 3.63) is 235 Å². The summed E-state index contributed by atoms with van der Waals surface area (Å²) in [5, 5.41) is 2.29. The third kappa shape index (κ3) is 5.20. The molecule has 2 aliphatic rings. The van der Waals surface area contributed by atoms with E-state index in [1.807, 2.05) is 12.1 Å². The maximum absolute atomic E-state index is 6.26. The number of furan rings is 1. The van der Waals surface area contributed by atoms with Crippen molar-refractivity contribution >= 4 is 39.0 Å². The number of anilines is 3. The molecule has 2 aliphatic carbocycles. The molecule has 0 radical (unpaired) electrons. The SMILES string of the molecule is c1ccc(-c2ccccc2N(c2ccc(-c3ccc4c(c3)C3(CCc5ccccc53)c3ccccc3-4)cc2)c2ccc(-c3cccc4oc5ccccc5c34)cc2)cc1. The molecule has 10 aromatic rings. The van der Waals surface area contributed by atoms with Crippen LogP contribution in [0, 0.1) is 0 Å². The highest BCUT2D eigenvalue weighted by atomic mass is 16.3. The van der Waals surface area contributed by atoms with Crippen LogP contribution in [0.4, 0.5) is 17.1 Å². The fourth-order valence-corrected chi connectivity index (χ4v) is 10.3. The van der Waals surface area contributed by atoms with Gasteiger partial charge in [0.1, 0.15) is 11.2 Å². The van der Waals surface area contributed by atoms with E-state index < -0.39 is 0 Å². The van der Waals surface area contributed by atoms with Crippen LogP contribution in [0.2, 0.25) is 0 Å². The summed E-state index contributed by atoms with van der Waals surface area (Å²) >= 11 is 0. The predicted molar refractivity (Wildman–Crippen MR) is 245 cm³/mol. The molecule has 0 N–H and O–H groups in total. The number of nitrogens with zero attached hydrogens (tertiary/aromatic N) is 1. The van der Waals surface area contributed by atoms with Gasteiger partial charge in [0.15, 0.2) is 0 Å². The highest BCUT2D eigenvalue weighted by Crippen LogP contribution is 2.58. The lowest BCUT2D eigenvalue weighted by Crippen LogP contribution is -2.23. The van der Waals surface area contributed by atoms with E-state index in [0.29, 0.717) is 0 Å². The molecule has 59 heavy (non-hydrogen) atoms. The van der Waals surface area contributed by atoms with Gasteiger partial charge in [0.2, 0.25) is 0 Å². The molecular formula is C57H39NO. The Morgan fingerprint density at radius 3 is 1.81 bits per heavy atom. The average molecular weight is 754 g/mol. The molecule has 1 spiro atoms. The van der Waals surface area contributed by atoms with Crippen LogP contribution in [0.3, 0.4) is 0 Å². The Morgan fingerprint density at radius 1 is 0.390 bits per heavy atom. The minimum absolute atomic E-state index is 0.112. The minimum atomic E-state index is -0.112. The van der Waals surface area contributed by atoms with Gasteiger partial charge in [0.05, 0.1) is 5.69 Å². The van der Waals surface area contributed by atoms with Crippen LogP contribution in [0.25, 0.3) is 66.4 Å². The number of para-hydroxylation sites is 2. The number of rotatable bonds is 6. The summed E-state index contributed by atoms with van der Waals surface area (Å²) in [6.45, 7) is 0. The number of hydrogen-bond acceptors (Lipinski definition) is 2. The molecule has 0 bridgehead atoms. The Hall–Kier alpha value is -7.42. The van der Waals surface area contributed by atoms with Gasteiger partial charge in [0, 0.05) is 33.1 Å². The van der Waals surface area contributed by atoms with Crippen molar-refractivity contribution in [2.45, 2.75) is 18.3 Å². The fraction of sp³-hybridized carbons (Fsp3) is 0.0526. The van der Waals surface area contributed by atoms with Crippen molar-refractivity contribution in [2.75, 3.05) is 4.90 Å². The van der Waals surface area contributed by atoms with Gasteiger partial charge in [-0.3, -0.25) is 0 Å². The number of aryl methyl sites for hydroxylation is 1. The van der Waals surface area contributed by atoms with Gasteiger partial charge in [-0.1, -0.05) is 164 Å². The molecule has 0 fully saturated rings. The van der Waals surface area contributed by atoms with Crippen LogP contribution in [-0.4, -0.2) is 0 Å². The molecule has 1 aromatic heterocycles. The van der Waals surface area contributed by atoms with Gasteiger partial charge in [-0.25, -0.2) is 0 Å². The molecule has 1 heterocycles. The molecule has 0 amide bonds. The lowest BCUT2D eigenvalue weighted by atomic mass is 9.73. The van der Waals surface area contributed by atoms with Gasteiger partial charge < -0.3 is 9.32 Å². The van der Waals surface area contributed by atoms with Crippen molar-refractivity contribution < 1.29 is 4.42 Å². The quantitative estimate of drug-likeness (QED) is 0.168. The third-order valence-electron chi connectivity index (χ3n) is 12.9. The molecule has 2 heteroatoms. The molecule has 2 nitrogen and oxygen atoms in total. The van der Waals surface area contributed by atoms with E-state index in [-0.39, 0.29) is 5.41 Å². The second-order valence-corrected chi connectivity index (χ2v) is 16.0. The second-order valence-electron chi connectivity index (χ2n) is 16.0. The smallest absolute Gasteiger partial charge is 0.136 e. The molecule has 278 valence electrons. The second kappa shape index (κ2) is 13.3. The minimum Gasteiger partial charge on any atom is -0.456 e. The lowest BCUT2D eigenvalue weighted by Gasteiger charge is -2.29. The van der Waals surface area contributed by atoms with Crippen LogP contribution >= 0.6 is 0 Å². The fourth-order valence-electron chi connectivity index (χ4n) is 10.3. The number of fused-ring (bicyclic) bond motifs is 10.